The van der Waals surface area contributed by atoms with E-state index in [9.17, 15) is 18.4 Å². The maximum Gasteiger partial charge on any atom is 0.487 e. The Bertz CT molecular complexity index is 1140. The van der Waals surface area contributed by atoms with Crippen LogP contribution in [-0.2, 0) is 11.3 Å². The Kier molecular flexibility index (Phi) is 5.98. The summed E-state index contributed by atoms with van der Waals surface area (Å²) in [6.45, 7) is 0.243. The zero-order valence-corrected chi connectivity index (χ0v) is 18.4. The van der Waals surface area contributed by atoms with Gasteiger partial charge in [-0.1, -0.05) is 0 Å². The minimum atomic E-state index is -3.81. The van der Waals surface area contributed by atoms with Gasteiger partial charge in [-0.15, -0.1) is 8.78 Å². The van der Waals surface area contributed by atoms with Crippen LogP contribution in [0.3, 0.4) is 0 Å². The van der Waals surface area contributed by atoms with Gasteiger partial charge in [-0.3, -0.25) is 9.59 Å². The van der Waals surface area contributed by atoms with Gasteiger partial charge in [0.25, 0.3) is 5.91 Å². The molecule has 0 aliphatic heterocycles. The smallest absolute Gasteiger partial charge is 0.420 e. The summed E-state index contributed by atoms with van der Waals surface area (Å²) in [6, 6.07) is 8.65. The molecule has 31 heavy (non-hydrogen) atoms. The highest BCUT2D eigenvalue weighted by Gasteiger charge is 2.27. The zero-order valence-electron chi connectivity index (χ0n) is 16.1. The van der Waals surface area contributed by atoms with Crippen molar-refractivity contribution >= 4 is 55.9 Å². The molecule has 1 fully saturated rings. The summed E-state index contributed by atoms with van der Waals surface area (Å²) in [6.07, 6.45) is 4.42. The van der Waals surface area contributed by atoms with E-state index in [-0.39, 0.29) is 18.1 Å². The molecule has 3 aromatic rings. The van der Waals surface area contributed by atoms with Crippen LogP contribution in [0.2, 0.25) is 0 Å². The molecular formula is C21H17BrClF2N3O3. The lowest BCUT2D eigenvalue weighted by molar-refractivity contribution is -0.119. The van der Waals surface area contributed by atoms with Crippen molar-refractivity contribution in [2.75, 3.05) is 5.32 Å². The molecule has 0 radical (unpaired) electrons. The Balaban J connectivity index is 1.47. The van der Waals surface area contributed by atoms with E-state index in [2.05, 4.69) is 31.0 Å². The fourth-order valence-corrected chi connectivity index (χ4v) is 4.02. The number of imidazole rings is 1. The quantitative estimate of drug-likeness (QED) is 0.400. The Morgan fingerprint density at radius 1 is 1.26 bits per heavy atom. The summed E-state index contributed by atoms with van der Waals surface area (Å²) in [5, 5.41) is 2.68. The Morgan fingerprint density at radius 3 is 2.61 bits per heavy atom. The number of amides is 1. The number of carbonyl (C=O) groups excluding carboxylic acids is 2. The number of rotatable bonds is 8. The maximum atomic E-state index is 12.7. The number of aromatic nitrogens is 2. The number of alkyl halides is 3. The molecule has 1 amide bonds. The molecular weight excluding hydrogens is 496 g/mol. The summed E-state index contributed by atoms with van der Waals surface area (Å²) >= 11 is 8.20. The van der Waals surface area contributed by atoms with Crippen LogP contribution < -0.4 is 10.1 Å². The third kappa shape index (κ3) is 5.59. The molecule has 0 atom stereocenters. The van der Waals surface area contributed by atoms with Crippen LogP contribution in [0.15, 0.2) is 47.2 Å². The van der Waals surface area contributed by atoms with Crippen LogP contribution in [0.1, 0.15) is 29.6 Å². The minimum absolute atomic E-state index is 0.135. The number of fused-ring (bicyclic) bond motifs is 1. The van der Waals surface area contributed by atoms with Crippen molar-refractivity contribution in [3.63, 3.8) is 0 Å². The summed E-state index contributed by atoms with van der Waals surface area (Å²) in [5.41, 5.74) is -1.75. The van der Waals surface area contributed by atoms with Gasteiger partial charge in [-0.05, 0) is 71.1 Å². The molecule has 1 aromatic heterocycles. The maximum absolute atomic E-state index is 12.7. The number of ketones is 1. The lowest BCUT2D eigenvalue weighted by Gasteiger charge is -2.11. The highest BCUT2D eigenvalue weighted by molar-refractivity contribution is 9.10. The first-order valence-corrected chi connectivity index (χ1v) is 10.7. The predicted octanol–water partition coefficient (Wildman–Crippen LogP) is 5.59. The van der Waals surface area contributed by atoms with Gasteiger partial charge in [0.05, 0.1) is 23.9 Å². The third-order valence-corrected chi connectivity index (χ3v) is 5.52. The van der Waals surface area contributed by atoms with Gasteiger partial charge < -0.3 is 14.6 Å². The van der Waals surface area contributed by atoms with Crippen molar-refractivity contribution in [2.45, 2.75) is 31.4 Å². The van der Waals surface area contributed by atoms with Crippen molar-refractivity contribution < 1.29 is 23.1 Å². The van der Waals surface area contributed by atoms with Gasteiger partial charge in [-0.25, -0.2) is 4.98 Å². The van der Waals surface area contributed by atoms with Crippen molar-refractivity contribution in [2.24, 2.45) is 5.92 Å². The van der Waals surface area contributed by atoms with Crippen molar-refractivity contribution in [1.29, 1.82) is 0 Å². The first-order valence-electron chi connectivity index (χ1n) is 9.51. The van der Waals surface area contributed by atoms with Gasteiger partial charge in [0.15, 0.2) is 5.78 Å². The third-order valence-electron chi connectivity index (χ3n) is 4.83. The van der Waals surface area contributed by atoms with Crippen LogP contribution in [0.4, 0.5) is 14.5 Å². The average Bonchev–Trinajstić information content (AvgIpc) is 3.40. The molecule has 0 bridgehead atoms. The Hall–Kier alpha value is -2.52. The number of anilines is 1. The normalized spacial score (nSPS) is 13.9. The molecule has 1 aliphatic carbocycles. The number of hydrogen-bond acceptors (Lipinski definition) is 4. The van der Waals surface area contributed by atoms with E-state index < -0.39 is 11.5 Å². The van der Waals surface area contributed by atoms with Gasteiger partial charge in [-0.2, -0.15) is 0 Å². The lowest BCUT2D eigenvalue weighted by atomic mass is 10.1. The Morgan fingerprint density at radius 2 is 1.97 bits per heavy atom. The van der Waals surface area contributed by atoms with Gasteiger partial charge >= 0.3 is 5.57 Å². The number of carbonyl (C=O) groups is 2. The molecule has 1 aliphatic rings. The van der Waals surface area contributed by atoms with E-state index >= 15 is 0 Å². The first-order chi connectivity index (χ1) is 14.7. The molecule has 1 N–H and O–H groups in total. The summed E-state index contributed by atoms with van der Waals surface area (Å²) in [7, 11) is 0. The largest absolute Gasteiger partial charge is 0.487 e. The molecule has 6 nitrogen and oxygen atoms in total. The lowest BCUT2D eigenvalue weighted by Crippen LogP contribution is -2.16. The fourth-order valence-electron chi connectivity index (χ4n) is 3.25. The molecule has 2 aromatic carbocycles. The highest BCUT2D eigenvalue weighted by atomic mass is 79.9. The van der Waals surface area contributed by atoms with Crippen molar-refractivity contribution in [3.8, 4) is 5.75 Å². The van der Waals surface area contributed by atoms with Crippen LogP contribution in [-0.4, -0.2) is 26.8 Å². The molecule has 1 saturated carbocycles. The number of hydrogen-bond donors (Lipinski definition) is 1. The summed E-state index contributed by atoms with van der Waals surface area (Å²) in [4.78, 5) is 29.2. The van der Waals surface area contributed by atoms with Crippen molar-refractivity contribution in [3.05, 3.63) is 52.8 Å². The van der Waals surface area contributed by atoms with Crippen LogP contribution in [0.25, 0.3) is 11.0 Å². The first kappa shape index (κ1) is 21.7. The van der Waals surface area contributed by atoms with E-state index in [0.29, 0.717) is 33.6 Å². The fraction of sp³-hybridized carbons (Fsp3) is 0.286. The van der Waals surface area contributed by atoms with Gasteiger partial charge in [0.2, 0.25) is 0 Å². The SMILES string of the molecule is O=C(CC1CC1)Cn1cnc2cc(C(=O)Nc3ccc(OC(F)(F)Cl)cc3)cc(Br)c21. The standard InChI is InChI=1S/C21H17BrClF2N3O3/c22-17-8-13(20(30)27-14-3-5-16(6-4-14)31-21(23,24)25)9-18-19(17)28(11-26-18)10-15(29)7-12-1-2-12/h3-6,8-9,11-12H,1-2,7,10H2,(H,27,30). The van der Waals surface area contributed by atoms with Gasteiger partial charge in [0, 0.05) is 33.7 Å². The molecule has 162 valence electrons. The van der Waals surface area contributed by atoms with E-state index in [0.717, 1.165) is 18.4 Å². The number of halogens is 4. The molecule has 1 heterocycles. The van der Waals surface area contributed by atoms with E-state index in [4.69, 9.17) is 11.6 Å². The van der Waals surface area contributed by atoms with Crippen LogP contribution in [0, 0.1) is 5.92 Å². The summed E-state index contributed by atoms with van der Waals surface area (Å²) < 4.78 is 32.0. The Labute approximate surface area is 189 Å². The second-order valence-electron chi connectivity index (χ2n) is 7.41. The number of nitrogens with one attached hydrogen (secondary N) is 1. The van der Waals surface area contributed by atoms with Crippen LogP contribution >= 0.6 is 27.5 Å². The van der Waals surface area contributed by atoms with E-state index in [1.807, 2.05) is 0 Å². The van der Waals surface area contributed by atoms with Crippen LogP contribution in [0.5, 0.6) is 5.75 Å². The van der Waals surface area contributed by atoms with Crippen molar-refractivity contribution in [1.82, 2.24) is 9.55 Å². The number of Topliss-reactive ketones (excluding diaryl/α,β-unsaturated/α-hetero) is 1. The monoisotopic (exact) mass is 511 g/mol. The zero-order chi connectivity index (χ0) is 22.2. The second-order valence-corrected chi connectivity index (χ2v) is 8.71. The number of nitrogens with zero attached hydrogens (tertiary/aromatic N) is 2. The molecule has 0 saturated heterocycles. The number of ether oxygens (including phenoxy) is 1. The minimum Gasteiger partial charge on any atom is -0.420 e. The molecule has 0 spiro atoms. The highest BCUT2D eigenvalue weighted by Crippen LogP contribution is 2.33. The summed E-state index contributed by atoms with van der Waals surface area (Å²) in [5.74, 6) is 0.144. The van der Waals surface area contributed by atoms with Gasteiger partial charge in [0.1, 0.15) is 5.75 Å². The van der Waals surface area contributed by atoms with E-state index in [1.165, 1.54) is 24.3 Å². The molecule has 0 unspecified atom stereocenters. The number of benzene rings is 2. The predicted molar refractivity (Wildman–Crippen MR) is 116 cm³/mol. The molecule has 4 rings (SSSR count). The average molecular weight is 513 g/mol. The topological polar surface area (TPSA) is 73.2 Å². The molecule has 10 heteroatoms. The second kappa shape index (κ2) is 8.55. The van der Waals surface area contributed by atoms with E-state index in [1.54, 1.807) is 23.0 Å².